The molecule has 0 bridgehead atoms. The number of hydrogen-bond donors (Lipinski definition) is 1. The molecule has 5 nitrogen and oxygen atoms in total. The molecule has 0 aliphatic carbocycles. The van der Waals surface area contributed by atoms with Gasteiger partial charge in [-0.05, 0) is 54.8 Å². The number of hydrogen-bond acceptors (Lipinski definition) is 4. The van der Waals surface area contributed by atoms with Gasteiger partial charge < -0.3 is 14.5 Å². The molecular formula is C22H19NO4. The molecule has 1 unspecified atom stereocenters. The number of benzene rings is 2. The summed E-state index contributed by atoms with van der Waals surface area (Å²) in [5.74, 6) is 0.342. The minimum atomic E-state index is -0.568. The zero-order valence-electron chi connectivity index (χ0n) is 15.2. The fourth-order valence-electron chi connectivity index (χ4n) is 3.35. The molecule has 2 heterocycles. The van der Waals surface area contributed by atoms with Crippen molar-refractivity contribution in [3.05, 3.63) is 87.3 Å². The van der Waals surface area contributed by atoms with Crippen molar-refractivity contribution in [2.24, 2.45) is 0 Å². The molecule has 0 spiro atoms. The van der Waals surface area contributed by atoms with Gasteiger partial charge in [0.1, 0.15) is 17.9 Å². The van der Waals surface area contributed by atoms with Gasteiger partial charge in [0.05, 0.1) is 17.0 Å². The van der Waals surface area contributed by atoms with Gasteiger partial charge in [0.15, 0.2) is 5.43 Å². The molecule has 136 valence electrons. The summed E-state index contributed by atoms with van der Waals surface area (Å²) < 4.78 is 11.4. The van der Waals surface area contributed by atoms with E-state index < -0.39 is 6.04 Å². The molecule has 3 aromatic rings. The second-order valence-corrected chi connectivity index (χ2v) is 6.69. The molecule has 0 fully saturated rings. The largest absolute Gasteiger partial charge is 0.490 e. The number of carbonyl (C=O) groups excluding carboxylic acids is 1. The van der Waals surface area contributed by atoms with E-state index in [9.17, 15) is 9.59 Å². The lowest BCUT2D eigenvalue weighted by Crippen LogP contribution is -2.22. The quantitative estimate of drug-likeness (QED) is 0.718. The van der Waals surface area contributed by atoms with Crippen molar-refractivity contribution in [2.45, 2.75) is 19.9 Å². The van der Waals surface area contributed by atoms with Crippen LogP contribution in [0.15, 0.2) is 58.3 Å². The van der Waals surface area contributed by atoms with Crippen LogP contribution in [-0.2, 0) is 0 Å². The molecule has 27 heavy (non-hydrogen) atoms. The predicted molar refractivity (Wildman–Crippen MR) is 103 cm³/mol. The van der Waals surface area contributed by atoms with E-state index in [2.05, 4.69) is 11.9 Å². The third kappa shape index (κ3) is 2.81. The van der Waals surface area contributed by atoms with Crippen LogP contribution in [0.3, 0.4) is 0 Å². The molecule has 0 saturated heterocycles. The third-order valence-electron chi connectivity index (χ3n) is 4.87. The smallest absolute Gasteiger partial charge is 0.288 e. The second kappa shape index (κ2) is 6.43. The maximum Gasteiger partial charge on any atom is 0.288 e. The van der Waals surface area contributed by atoms with E-state index >= 15 is 0 Å². The van der Waals surface area contributed by atoms with Gasteiger partial charge in [-0.3, -0.25) is 9.59 Å². The van der Waals surface area contributed by atoms with Gasteiger partial charge in [-0.25, -0.2) is 0 Å². The van der Waals surface area contributed by atoms with Crippen LogP contribution in [0.2, 0.25) is 0 Å². The molecule has 1 N–H and O–H groups in total. The molecule has 1 atom stereocenters. The average molecular weight is 361 g/mol. The third-order valence-corrected chi connectivity index (χ3v) is 4.87. The summed E-state index contributed by atoms with van der Waals surface area (Å²) in [5, 5.41) is 3.34. The van der Waals surface area contributed by atoms with Crippen LogP contribution < -0.4 is 15.5 Å². The Bertz CT molecular complexity index is 1140. The Morgan fingerprint density at radius 2 is 1.96 bits per heavy atom. The molecular weight excluding hydrogens is 342 g/mol. The number of nitrogens with one attached hydrogen (secondary N) is 1. The Kier molecular flexibility index (Phi) is 4.07. The van der Waals surface area contributed by atoms with E-state index in [1.165, 1.54) is 0 Å². The fraction of sp³-hybridized carbons (Fsp3) is 0.182. The number of fused-ring (bicyclic) bond motifs is 2. The first-order chi connectivity index (χ1) is 13.0. The fourth-order valence-corrected chi connectivity index (χ4v) is 3.35. The molecule has 1 aliphatic heterocycles. The van der Waals surface area contributed by atoms with Gasteiger partial charge in [-0.2, -0.15) is 0 Å². The van der Waals surface area contributed by atoms with E-state index in [-0.39, 0.29) is 17.1 Å². The molecule has 1 aliphatic rings. The molecule has 5 heteroatoms. The molecule has 1 amide bonds. The summed E-state index contributed by atoms with van der Waals surface area (Å²) in [6.45, 7) is 7.90. The highest BCUT2D eigenvalue weighted by atomic mass is 16.5. The van der Waals surface area contributed by atoms with Crippen LogP contribution in [0.25, 0.3) is 11.0 Å². The number of ether oxygens (including phenoxy) is 1. The number of aryl methyl sites for hydroxylation is 2. The first kappa shape index (κ1) is 17.1. The summed E-state index contributed by atoms with van der Waals surface area (Å²) in [6, 6.07) is 10.4. The average Bonchev–Trinajstić information content (AvgIpc) is 2.99. The second-order valence-electron chi connectivity index (χ2n) is 6.69. The topological polar surface area (TPSA) is 68.5 Å². The first-order valence-corrected chi connectivity index (χ1v) is 8.72. The standard InChI is InChI=1S/C22H19NO4/c1-4-8-26-15-7-5-6-14(11-15)19-18-20(24)16-9-12(2)13(3)10-17(16)27-21(18)22(25)23-19/h4-7,9-11,19H,1,8H2,2-3H3,(H,23,25). The van der Waals surface area contributed by atoms with Gasteiger partial charge >= 0.3 is 0 Å². The van der Waals surface area contributed by atoms with Crippen LogP contribution in [-0.4, -0.2) is 12.5 Å². The summed E-state index contributed by atoms with van der Waals surface area (Å²) in [5.41, 5.74) is 3.36. The van der Waals surface area contributed by atoms with Gasteiger partial charge in [0.25, 0.3) is 5.91 Å². The molecule has 4 rings (SSSR count). The first-order valence-electron chi connectivity index (χ1n) is 8.72. The van der Waals surface area contributed by atoms with Gasteiger partial charge in [-0.1, -0.05) is 24.8 Å². The summed E-state index contributed by atoms with van der Waals surface area (Å²) in [4.78, 5) is 25.6. The maximum atomic E-state index is 13.2. The summed E-state index contributed by atoms with van der Waals surface area (Å²) in [7, 11) is 0. The number of rotatable bonds is 4. The van der Waals surface area contributed by atoms with Gasteiger partial charge in [0, 0.05) is 0 Å². The van der Waals surface area contributed by atoms with E-state index in [4.69, 9.17) is 9.15 Å². The SMILES string of the molecule is C=CCOc1cccc(C2NC(=O)c3oc4cc(C)c(C)cc4c(=O)c32)c1. The Morgan fingerprint density at radius 1 is 1.19 bits per heavy atom. The highest BCUT2D eigenvalue weighted by molar-refractivity contribution is 5.99. The van der Waals surface area contributed by atoms with Gasteiger partial charge in [-0.15, -0.1) is 0 Å². The Morgan fingerprint density at radius 3 is 2.74 bits per heavy atom. The molecule has 0 radical (unpaired) electrons. The highest BCUT2D eigenvalue weighted by Gasteiger charge is 2.36. The molecule has 1 aromatic heterocycles. The van der Waals surface area contributed by atoms with Crippen molar-refractivity contribution in [1.29, 1.82) is 0 Å². The van der Waals surface area contributed by atoms with Crippen molar-refractivity contribution < 1.29 is 13.9 Å². The van der Waals surface area contributed by atoms with Crippen molar-refractivity contribution in [3.8, 4) is 5.75 Å². The van der Waals surface area contributed by atoms with E-state index in [0.717, 1.165) is 16.7 Å². The number of amides is 1. The van der Waals surface area contributed by atoms with Crippen LogP contribution >= 0.6 is 0 Å². The Labute approximate surface area is 156 Å². The van der Waals surface area contributed by atoms with E-state index in [1.54, 1.807) is 12.1 Å². The monoisotopic (exact) mass is 361 g/mol. The zero-order chi connectivity index (χ0) is 19.1. The maximum absolute atomic E-state index is 13.2. The van der Waals surface area contributed by atoms with E-state index in [0.29, 0.717) is 28.9 Å². The summed E-state index contributed by atoms with van der Waals surface area (Å²) >= 11 is 0. The van der Waals surface area contributed by atoms with Crippen LogP contribution in [0.5, 0.6) is 5.75 Å². The highest BCUT2D eigenvalue weighted by Crippen LogP contribution is 2.32. The van der Waals surface area contributed by atoms with E-state index in [1.807, 2.05) is 44.2 Å². The Hall–Kier alpha value is -3.34. The van der Waals surface area contributed by atoms with Crippen LogP contribution in [0.4, 0.5) is 0 Å². The number of carbonyl (C=O) groups is 1. The minimum Gasteiger partial charge on any atom is -0.490 e. The normalized spacial score (nSPS) is 15.5. The van der Waals surface area contributed by atoms with Crippen molar-refractivity contribution in [1.82, 2.24) is 5.32 Å². The lowest BCUT2D eigenvalue weighted by atomic mass is 9.98. The van der Waals surface area contributed by atoms with Crippen LogP contribution in [0.1, 0.15) is 38.9 Å². The van der Waals surface area contributed by atoms with Crippen molar-refractivity contribution in [3.63, 3.8) is 0 Å². The summed E-state index contributed by atoms with van der Waals surface area (Å²) in [6.07, 6.45) is 1.66. The van der Waals surface area contributed by atoms with Crippen molar-refractivity contribution in [2.75, 3.05) is 6.61 Å². The minimum absolute atomic E-state index is 0.0816. The van der Waals surface area contributed by atoms with Gasteiger partial charge in [0.2, 0.25) is 5.76 Å². The van der Waals surface area contributed by atoms with Crippen LogP contribution in [0, 0.1) is 13.8 Å². The Balaban J connectivity index is 1.88. The predicted octanol–water partition coefficient (Wildman–Crippen LogP) is 3.81. The van der Waals surface area contributed by atoms with Crippen molar-refractivity contribution >= 4 is 16.9 Å². The zero-order valence-corrected chi connectivity index (χ0v) is 15.2. The lowest BCUT2D eigenvalue weighted by Gasteiger charge is -2.13. The molecule has 0 saturated carbocycles. The lowest BCUT2D eigenvalue weighted by molar-refractivity contribution is 0.0938. The molecule has 2 aromatic carbocycles.